The molecule has 2 rings (SSSR count). The van der Waals surface area contributed by atoms with Crippen LogP contribution in [0, 0.1) is 11.8 Å². The first kappa shape index (κ1) is 13.3. The van der Waals surface area contributed by atoms with Gasteiger partial charge in [-0.3, -0.25) is 0 Å². The predicted octanol–water partition coefficient (Wildman–Crippen LogP) is 0.242. The molecule has 2 saturated heterocycles. The van der Waals surface area contributed by atoms with Crippen LogP contribution in [0.25, 0.3) is 0 Å². The zero-order valence-corrected chi connectivity index (χ0v) is 11.5. The molecule has 0 radical (unpaired) electrons. The van der Waals surface area contributed by atoms with E-state index in [2.05, 4.69) is 13.8 Å². The average molecular weight is 261 g/mol. The Morgan fingerprint density at radius 1 is 1.06 bits per heavy atom. The number of rotatable bonds is 2. The van der Waals surface area contributed by atoms with Crippen LogP contribution in [0.2, 0.25) is 0 Å². The SMILES string of the molecule is CC1CC(C)CN(S(=O)(=O)N2CC[C@H](N)C2)C1. The Bertz CT molecular complexity index is 361. The molecular formula is C11H23N3O2S. The fourth-order valence-corrected chi connectivity index (χ4v) is 4.85. The predicted molar refractivity (Wildman–Crippen MR) is 67.6 cm³/mol. The molecule has 2 aliphatic heterocycles. The van der Waals surface area contributed by atoms with Gasteiger partial charge in [-0.15, -0.1) is 0 Å². The molecule has 0 aromatic carbocycles. The van der Waals surface area contributed by atoms with Crippen LogP contribution in [0.4, 0.5) is 0 Å². The Labute approximate surface area is 104 Å². The second-order valence-corrected chi connectivity index (χ2v) is 7.61. The van der Waals surface area contributed by atoms with E-state index in [1.54, 1.807) is 8.61 Å². The van der Waals surface area contributed by atoms with Gasteiger partial charge in [-0.1, -0.05) is 13.8 Å². The van der Waals surface area contributed by atoms with E-state index in [-0.39, 0.29) is 6.04 Å². The van der Waals surface area contributed by atoms with Crippen molar-refractivity contribution in [1.29, 1.82) is 0 Å². The number of nitrogens with two attached hydrogens (primary N) is 1. The summed E-state index contributed by atoms with van der Waals surface area (Å²) in [4.78, 5) is 0. The quantitative estimate of drug-likeness (QED) is 0.774. The third kappa shape index (κ3) is 2.81. The van der Waals surface area contributed by atoms with Crippen LogP contribution in [0.15, 0.2) is 0 Å². The molecule has 0 saturated carbocycles. The molecular weight excluding hydrogens is 238 g/mol. The highest BCUT2D eigenvalue weighted by Crippen LogP contribution is 2.26. The first-order chi connectivity index (χ1) is 7.89. The topological polar surface area (TPSA) is 66.6 Å². The smallest absolute Gasteiger partial charge is 0.282 e. The Kier molecular flexibility index (Phi) is 3.77. The molecule has 2 aliphatic rings. The molecule has 3 atom stereocenters. The molecule has 0 aliphatic carbocycles. The lowest BCUT2D eigenvalue weighted by molar-refractivity contribution is 0.211. The van der Waals surface area contributed by atoms with Crippen LogP contribution >= 0.6 is 0 Å². The van der Waals surface area contributed by atoms with E-state index in [1.165, 1.54) is 0 Å². The summed E-state index contributed by atoms with van der Waals surface area (Å²) in [5.74, 6) is 0.898. The fourth-order valence-electron chi connectivity index (χ4n) is 2.92. The van der Waals surface area contributed by atoms with Crippen LogP contribution in [-0.2, 0) is 10.2 Å². The molecule has 2 fully saturated rings. The van der Waals surface area contributed by atoms with Crippen LogP contribution in [0.5, 0.6) is 0 Å². The molecule has 2 heterocycles. The highest BCUT2D eigenvalue weighted by atomic mass is 32.2. The third-order valence-corrected chi connectivity index (χ3v) is 5.61. The van der Waals surface area contributed by atoms with E-state index in [4.69, 9.17) is 5.73 Å². The van der Waals surface area contributed by atoms with Crippen molar-refractivity contribution in [1.82, 2.24) is 8.61 Å². The molecule has 17 heavy (non-hydrogen) atoms. The summed E-state index contributed by atoms with van der Waals surface area (Å²) in [6.07, 6.45) is 1.89. The number of hydrogen-bond donors (Lipinski definition) is 1. The lowest BCUT2D eigenvalue weighted by atomic mass is 9.94. The highest BCUT2D eigenvalue weighted by Gasteiger charge is 2.37. The second kappa shape index (κ2) is 4.84. The molecule has 100 valence electrons. The molecule has 0 aromatic rings. The highest BCUT2D eigenvalue weighted by molar-refractivity contribution is 7.86. The first-order valence-electron chi connectivity index (χ1n) is 6.40. The van der Waals surface area contributed by atoms with Crippen molar-refractivity contribution < 1.29 is 8.42 Å². The molecule has 5 nitrogen and oxygen atoms in total. The van der Waals surface area contributed by atoms with Gasteiger partial charge in [0.15, 0.2) is 0 Å². The van der Waals surface area contributed by atoms with Gasteiger partial charge in [0.1, 0.15) is 0 Å². The summed E-state index contributed by atoms with van der Waals surface area (Å²) in [5, 5.41) is 0. The molecule has 2 unspecified atom stereocenters. The van der Waals surface area contributed by atoms with Crippen molar-refractivity contribution in [2.75, 3.05) is 26.2 Å². The standard InChI is InChI=1S/C11H23N3O2S/c1-9-5-10(2)7-14(6-9)17(15,16)13-4-3-11(12)8-13/h9-11H,3-8,12H2,1-2H3/t9?,10?,11-/m0/s1. The molecule has 0 bridgehead atoms. The van der Waals surface area contributed by atoms with Gasteiger partial charge in [0.05, 0.1) is 0 Å². The maximum absolute atomic E-state index is 12.4. The van der Waals surface area contributed by atoms with E-state index in [9.17, 15) is 8.42 Å². The Balaban J connectivity index is 2.09. The van der Waals surface area contributed by atoms with Gasteiger partial charge in [0.25, 0.3) is 10.2 Å². The molecule has 0 aromatic heterocycles. The third-order valence-electron chi connectivity index (χ3n) is 3.68. The lowest BCUT2D eigenvalue weighted by Gasteiger charge is -2.36. The minimum atomic E-state index is -3.27. The normalized spacial score (nSPS) is 37.5. The van der Waals surface area contributed by atoms with E-state index in [0.29, 0.717) is 38.0 Å². The van der Waals surface area contributed by atoms with E-state index in [1.807, 2.05) is 0 Å². The second-order valence-electron chi connectivity index (χ2n) is 5.68. The van der Waals surface area contributed by atoms with Crippen molar-refractivity contribution in [2.45, 2.75) is 32.7 Å². The molecule has 0 amide bonds. The average Bonchev–Trinajstić information content (AvgIpc) is 2.64. The van der Waals surface area contributed by atoms with Gasteiger partial charge < -0.3 is 5.73 Å². The molecule has 6 heteroatoms. The molecule has 0 spiro atoms. The van der Waals surface area contributed by atoms with E-state index >= 15 is 0 Å². The van der Waals surface area contributed by atoms with Gasteiger partial charge in [0.2, 0.25) is 0 Å². The summed E-state index contributed by atoms with van der Waals surface area (Å²) in [6.45, 7) is 6.59. The number of nitrogens with zero attached hydrogens (tertiary/aromatic N) is 2. The Morgan fingerprint density at radius 2 is 1.65 bits per heavy atom. The van der Waals surface area contributed by atoms with Crippen molar-refractivity contribution in [3.8, 4) is 0 Å². The van der Waals surface area contributed by atoms with E-state index in [0.717, 1.165) is 12.8 Å². The van der Waals surface area contributed by atoms with Crippen LogP contribution in [0.1, 0.15) is 26.7 Å². The minimum Gasteiger partial charge on any atom is -0.326 e. The summed E-state index contributed by atoms with van der Waals surface area (Å²) in [7, 11) is -3.27. The number of piperidine rings is 1. The first-order valence-corrected chi connectivity index (χ1v) is 7.80. The summed E-state index contributed by atoms with van der Waals surface area (Å²) in [5.41, 5.74) is 5.78. The maximum atomic E-state index is 12.4. The van der Waals surface area contributed by atoms with Crippen molar-refractivity contribution in [3.63, 3.8) is 0 Å². The lowest BCUT2D eigenvalue weighted by Crippen LogP contribution is -2.49. The van der Waals surface area contributed by atoms with E-state index < -0.39 is 10.2 Å². The largest absolute Gasteiger partial charge is 0.326 e. The zero-order valence-electron chi connectivity index (χ0n) is 10.7. The monoisotopic (exact) mass is 261 g/mol. The summed E-state index contributed by atoms with van der Waals surface area (Å²) < 4.78 is 28.0. The van der Waals surface area contributed by atoms with Gasteiger partial charge in [-0.25, -0.2) is 0 Å². The van der Waals surface area contributed by atoms with Gasteiger partial charge in [-0.2, -0.15) is 17.0 Å². The van der Waals surface area contributed by atoms with Crippen molar-refractivity contribution in [3.05, 3.63) is 0 Å². The van der Waals surface area contributed by atoms with Gasteiger partial charge >= 0.3 is 0 Å². The van der Waals surface area contributed by atoms with Crippen LogP contribution in [0.3, 0.4) is 0 Å². The van der Waals surface area contributed by atoms with Crippen LogP contribution in [-0.4, -0.2) is 49.2 Å². The summed E-state index contributed by atoms with van der Waals surface area (Å²) in [6, 6.07) is 0.00409. The van der Waals surface area contributed by atoms with Gasteiger partial charge in [-0.05, 0) is 24.7 Å². The minimum absolute atomic E-state index is 0.00409. The number of hydrogen-bond acceptors (Lipinski definition) is 3. The fraction of sp³-hybridized carbons (Fsp3) is 1.00. The zero-order chi connectivity index (χ0) is 12.6. The van der Waals surface area contributed by atoms with Gasteiger partial charge in [0, 0.05) is 32.2 Å². The maximum Gasteiger partial charge on any atom is 0.282 e. The van der Waals surface area contributed by atoms with Crippen LogP contribution < -0.4 is 5.73 Å². The summed E-state index contributed by atoms with van der Waals surface area (Å²) >= 11 is 0. The Morgan fingerprint density at radius 3 is 2.12 bits per heavy atom. The molecule has 2 N–H and O–H groups in total. The van der Waals surface area contributed by atoms with Crippen molar-refractivity contribution in [2.24, 2.45) is 17.6 Å². The Hall–Kier alpha value is -0.170. The van der Waals surface area contributed by atoms with Crippen molar-refractivity contribution >= 4 is 10.2 Å².